The van der Waals surface area contributed by atoms with Crippen LogP contribution >= 0.6 is 24.0 Å². The number of hydrogen-bond donors (Lipinski definition) is 0. The van der Waals surface area contributed by atoms with E-state index in [4.69, 9.17) is 35.9 Å². The molecule has 1 saturated carbocycles. The number of thioether (sulfide) groups is 1. The Morgan fingerprint density at radius 3 is 1.96 bits per heavy atom. The molecule has 2 rings (SSSR count). The van der Waals surface area contributed by atoms with Crippen molar-refractivity contribution in [2.45, 2.75) is 45.7 Å². The first-order valence-corrected chi connectivity index (χ1v) is 10.5. The van der Waals surface area contributed by atoms with Crippen molar-refractivity contribution in [3.05, 3.63) is 0 Å². The number of hydrogen-bond acceptors (Lipinski definition) is 9. The molecular weight excluding hydrogens is 392 g/mol. The number of carbonyl (C=O) groups is 2. The minimum Gasteiger partial charge on any atom is -0.479 e. The summed E-state index contributed by atoms with van der Waals surface area (Å²) in [5.41, 5.74) is -0.155. The molecule has 27 heavy (non-hydrogen) atoms. The Morgan fingerprint density at radius 1 is 1.04 bits per heavy atom. The SMILES string of the molecule is CCOC(=O)C(C(=O)OCC)[C@@H]1[C@H](SC(=S)OCC)C12OCC(C)(C)CO2. The van der Waals surface area contributed by atoms with Crippen LogP contribution in [0.5, 0.6) is 0 Å². The smallest absolute Gasteiger partial charge is 0.320 e. The molecule has 2 atom stereocenters. The second kappa shape index (κ2) is 9.07. The number of rotatable bonds is 7. The van der Waals surface area contributed by atoms with Crippen molar-refractivity contribution in [1.29, 1.82) is 0 Å². The van der Waals surface area contributed by atoms with E-state index in [-0.39, 0.29) is 23.9 Å². The van der Waals surface area contributed by atoms with E-state index in [1.807, 2.05) is 20.8 Å². The van der Waals surface area contributed by atoms with Crippen molar-refractivity contribution in [2.24, 2.45) is 17.3 Å². The van der Waals surface area contributed by atoms with E-state index in [9.17, 15) is 9.59 Å². The van der Waals surface area contributed by atoms with Gasteiger partial charge in [-0.15, -0.1) is 0 Å². The quantitative estimate of drug-likeness (QED) is 0.351. The molecule has 2 fully saturated rings. The van der Waals surface area contributed by atoms with Gasteiger partial charge in [-0.25, -0.2) is 0 Å². The zero-order chi connectivity index (χ0) is 20.2. The number of carbonyl (C=O) groups excluding carboxylic acids is 2. The van der Waals surface area contributed by atoms with Crippen LogP contribution in [0.25, 0.3) is 0 Å². The zero-order valence-electron chi connectivity index (χ0n) is 16.4. The largest absolute Gasteiger partial charge is 0.479 e. The van der Waals surface area contributed by atoms with Crippen LogP contribution in [0.1, 0.15) is 34.6 Å². The van der Waals surface area contributed by atoms with E-state index in [1.54, 1.807) is 13.8 Å². The lowest BCUT2D eigenvalue weighted by Crippen LogP contribution is -2.43. The minimum absolute atomic E-state index is 0.155. The lowest BCUT2D eigenvalue weighted by molar-refractivity contribution is -0.252. The normalized spacial score (nSPS) is 25.1. The Balaban J connectivity index is 2.27. The van der Waals surface area contributed by atoms with Crippen molar-refractivity contribution in [2.75, 3.05) is 33.0 Å². The molecule has 0 amide bonds. The minimum atomic E-state index is -1.13. The highest BCUT2D eigenvalue weighted by atomic mass is 32.2. The number of ether oxygens (including phenoxy) is 5. The first-order valence-electron chi connectivity index (χ1n) is 9.17. The van der Waals surface area contributed by atoms with Gasteiger partial charge in [-0.05, 0) is 33.0 Å². The Labute approximate surface area is 169 Å². The van der Waals surface area contributed by atoms with Gasteiger partial charge in [-0.2, -0.15) is 0 Å². The molecule has 0 radical (unpaired) electrons. The summed E-state index contributed by atoms with van der Waals surface area (Å²) in [5.74, 6) is -4.04. The second-order valence-electron chi connectivity index (χ2n) is 7.19. The molecule has 154 valence electrons. The summed E-state index contributed by atoms with van der Waals surface area (Å²) in [4.78, 5) is 25.1. The maximum Gasteiger partial charge on any atom is 0.320 e. The van der Waals surface area contributed by atoms with Gasteiger partial charge < -0.3 is 23.7 Å². The lowest BCUT2D eigenvalue weighted by Gasteiger charge is -2.36. The van der Waals surface area contributed by atoms with E-state index < -0.39 is 29.6 Å². The molecule has 9 heteroatoms. The molecule has 1 heterocycles. The molecule has 0 aromatic carbocycles. The second-order valence-corrected chi connectivity index (χ2v) is 8.94. The summed E-state index contributed by atoms with van der Waals surface area (Å²) >= 11 is 6.48. The average molecular weight is 421 g/mol. The van der Waals surface area contributed by atoms with Crippen LogP contribution in [0.2, 0.25) is 0 Å². The zero-order valence-corrected chi connectivity index (χ0v) is 18.1. The molecule has 2 aliphatic rings. The summed E-state index contributed by atoms with van der Waals surface area (Å²) in [6.07, 6.45) is 0. The van der Waals surface area contributed by atoms with Crippen molar-refractivity contribution >= 4 is 40.3 Å². The van der Waals surface area contributed by atoms with E-state index in [0.29, 0.717) is 24.2 Å². The van der Waals surface area contributed by atoms with Gasteiger partial charge in [0.1, 0.15) is 0 Å². The maximum absolute atomic E-state index is 12.5. The third-order valence-corrected chi connectivity index (χ3v) is 5.97. The molecular formula is C18H28O7S2. The first-order chi connectivity index (χ1) is 12.7. The summed E-state index contributed by atoms with van der Waals surface area (Å²) in [6, 6.07) is 0. The maximum atomic E-state index is 12.5. The summed E-state index contributed by atoms with van der Waals surface area (Å²) in [7, 11) is 0. The molecule has 0 N–H and O–H groups in total. The molecule has 1 aliphatic carbocycles. The van der Waals surface area contributed by atoms with Crippen LogP contribution in [0.4, 0.5) is 0 Å². The third-order valence-electron chi connectivity index (χ3n) is 4.38. The highest BCUT2D eigenvalue weighted by Gasteiger charge is 2.76. The van der Waals surface area contributed by atoms with Gasteiger partial charge in [-0.1, -0.05) is 25.6 Å². The highest BCUT2D eigenvalue weighted by molar-refractivity contribution is 8.23. The van der Waals surface area contributed by atoms with Crippen LogP contribution < -0.4 is 0 Å². The Hall–Kier alpha value is -0.900. The fraction of sp³-hybridized carbons (Fsp3) is 0.833. The van der Waals surface area contributed by atoms with Crippen molar-refractivity contribution in [3.63, 3.8) is 0 Å². The monoisotopic (exact) mass is 420 g/mol. The molecule has 1 aliphatic heterocycles. The number of esters is 2. The molecule has 1 spiro atoms. The first kappa shape index (κ1) is 22.4. The molecule has 0 aromatic heterocycles. The van der Waals surface area contributed by atoms with E-state index >= 15 is 0 Å². The van der Waals surface area contributed by atoms with Gasteiger partial charge in [-0.3, -0.25) is 9.59 Å². The van der Waals surface area contributed by atoms with Crippen LogP contribution in [0.15, 0.2) is 0 Å². The fourth-order valence-corrected chi connectivity index (χ4v) is 4.76. The van der Waals surface area contributed by atoms with Crippen molar-refractivity contribution < 1.29 is 33.3 Å². The summed E-state index contributed by atoms with van der Waals surface area (Å²) in [6.45, 7) is 10.9. The Bertz CT molecular complexity index is 550. The molecule has 0 bridgehead atoms. The van der Waals surface area contributed by atoms with Gasteiger partial charge in [0.15, 0.2) is 11.7 Å². The van der Waals surface area contributed by atoms with Gasteiger partial charge in [0, 0.05) is 5.41 Å². The number of thiocarbonyl (C=S) groups is 1. The van der Waals surface area contributed by atoms with Gasteiger partial charge in [0.05, 0.1) is 44.2 Å². The molecule has 0 unspecified atom stereocenters. The average Bonchev–Trinajstić information content (AvgIpc) is 3.17. The molecule has 0 aromatic rings. The van der Waals surface area contributed by atoms with Gasteiger partial charge in [0.25, 0.3) is 0 Å². The van der Waals surface area contributed by atoms with Crippen LogP contribution in [0.3, 0.4) is 0 Å². The summed E-state index contributed by atoms with van der Waals surface area (Å²) in [5, 5.41) is -0.355. The van der Waals surface area contributed by atoms with Gasteiger partial charge >= 0.3 is 11.9 Å². The van der Waals surface area contributed by atoms with Crippen LogP contribution in [0, 0.1) is 17.3 Å². The van der Waals surface area contributed by atoms with Gasteiger partial charge in [0.2, 0.25) is 4.38 Å². The van der Waals surface area contributed by atoms with E-state index in [2.05, 4.69) is 0 Å². The third kappa shape index (κ3) is 4.93. The van der Waals surface area contributed by atoms with Crippen LogP contribution in [-0.2, 0) is 33.3 Å². The standard InChI is InChI=1S/C18H28O7S2/c1-6-21-14(19)11(15(20)22-7-2)12-13(27-16(26)23-8-3)18(12)24-9-17(4,5)10-25-18/h11-13H,6-10H2,1-5H3/t12-,13+/m1/s1. The Kier molecular flexibility index (Phi) is 7.52. The van der Waals surface area contributed by atoms with Crippen molar-refractivity contribution in [3.8, 4) is 0 Å². The van der Waals surface area contributed by atoms with E-state index in [0.717, 1.165) is 0 Å². The molecule has 7 nitrogen and oxygen atoms in total. The highest BCUT2D eigenvalue weighted by Crippen LogP contribution is 2.61. The topological polar surface area (TPSA) is 80.3 Å². The predicted molar refractivity (Wildman–Crippen MR) is 104 cm³/mol. The lowest BCUT2D eigenvalue weighted by atomic mass is 9.95. The molecule has 1 saturated heterocycles. The van der Waals surface area contributed by atoms with Crippen molar-refractivity contribution in [1.82, 2.24) is 0 Å². The predicted octanol–water partition coefficient (Wildman–Crippen LogP) is 2.55. The fourth-order valence-electron chi connectivity index (χ4n) is 3.06. The van der Waals surface area contributed by atoms with E-state index in [1.165, 1.54) is 11.8 Å². The summed E-state index contributed by atoms with van der Waals surface area (Å²) < 4.78 is 28.1. The Morgan fingerprint density at radius 2 is 1.52 bits per heavy atom. The van der Waals surface area contributed by atoms with Crippen LogP contribution in [-0.4, -0.2) is 60.4 Å².